The first-order chi connectivity index (χ1) is 20.6. The molecule has 1 N–H and O–H groups in total. The molecule has 0 saturated heterocycles. The number of anilines is 4. The number of hydrazone groups is 1. The summed E-state index contributed by atoms with van der Waals surface area (Å²) in [5, 5.41) is 25.0. The topological polar surface area (TPSA) is 89.2 Å². The lowest BCUT2D eigenvalue weighted by Gasteiger charge is -2.36. The molecule has 1 atom stereocenters. The summed E-state index contributed by atoms with van der Waals surface area (Å²) in [6, 6.07) is 35.6. The zero-order chi connectivity index (χ0) is 29.3. The first-order valence-corrected chi connectivity index (χ1v) is 14.0. The number of carboxylic acid groups (broad SMARTS) is 1. The highest BCUT2D eigenvalue weighted by atomic mass is 16.5. The Labute approximate surface area is 246 Å². The Hall–Kier alpha value is -5.19. The predicted molar refractivity (Wildman–Crippen MR) is 167 cm³/mol. The summed E-state index contributed by atoms with van der Waals surface area (Å²) in [4.78, 5) is 13.6. The fourth-order valence-corrected chi connectivity index (χ4v) is 4.97. The minimum atomic E-state index is -1.25. The van der Waals surface area contributed by atoms with E-state index in [2.05, 4.69) is 54.3 Å². The number of carbonyl (C=O) groups is 1. The SMILES string of the molecule is CCCOC1Cc2cc(/C=N/N(c3ccccc3)c3ccc(/C=C(/C#N)C(=O)O)cc3)ccc2N(c2ccccc2)C1. The molecule has 7 heteroatoms. The maximum Gasteiger partial charge on any atom is 0.346 e. The van der Waals surface area contributed by atoms with Crippen molar-refractivity contribution in [3.63, 3.8) is 0 Å². The van der Waals surface area contributed by atoms with Crippen molar-refractivity contribution < 1.29 is 14.6 Å². The van der Waals surface area contributed by atoms with E-state index in [9.17, 15) is 9.90 Å². The minimum Gasteiger partial charge on any atom is -0.477 e. The standard InChI is InChI=1S/C35H32N4O3/c1-2-19-42-33-22-28-21-27(15-18-34(28)38(25-33)30-9-5-3-6-10-30)24-37-39(31-11-7-4-8-12-31)32-16-13-26(14-17-32)20-29(23-36)35(40)41/h3-18,20-21,24,33H,2,19,22,25H2,1H3,(H,40,41)/b29-20-,37-24+. The molecule has 5 rings (SSSR count). The molecule has 0 amide bonds. The number of benzene rings is 4. The maximum absolute atomic E-state index is 11.2. The summed E-state index contributed by atoms with van der Waals surface area (Å²) in [6.07, 6.45) is 5.11. The van der Waals surface area contributed by atoms with E-state index < -0.39 is 5.97 Å². The minimum absolute atomic E-state index is 0.0981. The highest BCUT2D eigenvalue weighted by Crippen LogP contribution is 2.35. The van der Waals surface area contributed by atoms with Crippen molar-refractivity contribution in [2.24, 2.45) is 5.10 Å². The number of para-hydroxylation sites is 2. The smallest absolute Gasteiger partial charge is 0.346 e. The van der Waals surface area contributed by atoms with Crippen LogP contribution in [-0.4, -0.2) is 36.5 Å². The lowest BCUT2D eigenvalue weighted by Crippen LogP contribution is -2.37. The van der Waals surface area contributed by atoms with Gasteiger partial charge in [-0.05, 0) is 77.7 Å². The number of aliphatic carboxylic acids is 1. The molecule has 0 spiro atoms. The molecule has 210 valence electrons. The Morgan fingerprint density at radius 3 is 2.33 bits per heavy atom. The predicted octanol–water partition coefficient (Wildman–Crippen LogP) is 7.34. The summed E-state index contributed by atoms with van der Waals surface area (Å²) < 4.78 is 6.21. The Morgan fingerprint density at radius 2 is 1.67 bits per heavy atom. The van der Waals surface area contributed by atoms with Crippen LogP contribution in [-0.2, 0) is 16.0 Å². The molecule has 1 unspecified atom stereocenters. The molecule has 42 heavy (non-hydrogen) atoms. The molecule has 7 nitrogen and oxygen atoms in total. The average molecular weight is 557 g/mol. The maximum atomic E-state index is 11.2. The quantitative estimate of drug-likeness (QED) is 0.0951. The van der Waals surface area contributed by atoms with E-state index in [1.54, 1.807) is 18.2 Å². The lowest BCUT2D eigenvalue weighted by molar-refractivity contribution is -0.132. The zero-order valence-corrected chi connectivity index (χ0v) is 23.4. The van der Waals surface area contributed by atoms with Crippen LogP contribution in [0.2, 0.25) is 0 Å². The number of hydrogen-bond donors (Lipinski definition) is 1. The number of rotatable bonds is 10. The van der Waals surface area contributed by atoms with Gasteiger partial charge in [-0.2, -0.15) is 10.4 Å². The van der Waals surface area contributed by atoms with E-state index in [0.29, 0.717) is 5.56 Å². The van der Waals surface area contributed by atoms with Crippen molar-refractivity contribution in [1.29, 1.82) is 5.26 Å². The van der Waals surface area contributed by atoms with Crippen molar-refractivity contribution in [3.8, 4) is 6.07 Å². The third-order valence-electron chi connectivity index (χ3n) is 6.98. The molecule has 1 aliphatic rings. The third kappa shape index (κ3) is 6.74. The number of nitriles is 1. The first-order valence-electron chi connectivity index (χ1n) is 14.0. The third-order valence-corrected chi connectivity index (χ3v) is 6.98. The fraction of sp³-hybridized carbons (Fsp3) is 0.171. The number of nitrogens with zero attached hydrogens (tertiary/aromatic N) is 4. The van der Waals surface area contributed by atoms with Gasteiger partial charge < -0.3 is 14.7 Å². The number of carboxylic acids is 1. The van der Waals surface area contributed by atoms with Crippen molar-refractivity contribution in [1.82, 2.24) is 0 Å². The summed E-state index contributed by atoms with van der Waals surface area (Å²) in [7, 11) is 0. The van der Waals surface area contributed by atoms with Crippen molar-refractivity contribution in [2.75, 3.05) is 23.1 Å². The lowest BCUT2D eigenvalue weighted by atomic mass is 9.97. The molecule has 4 aromatic carbocycles. The monoisotopic (exact) mass is 556 g/mol. The largest absolute Gasteiger partial charge is 0.477 e. The number of ether oxygens (including phenoxy) is 1. The van der Waals surface area contributed by atoms with Crippen molar-refractivity contribution >= 4 is 41.0 Å². The highest BCUT2D eigenvalue weighted by Gasteiger charge is 2.26. The second kappa shape index (κ2) is 13.4. The molecule has 1 heterocycles. The first kappa shape index (κ1) is 28.3. The van der Waals surface area contributed by atoms with E-state index in [-0.39, 0.29) is 11.7 Å². The van der Waals surface area contributed by atoms with Crippen LogP contribution < -0.4 is 9.91 Å². The van der Waals surface area contributed by atoms with Crippen LogP contribution >= 0.6 is 0 Å². The molecule has 0 saturated carbocycles. The fourth-order valence-electron chi connectivity index (χ4n) is 4.97. The average Bonchev–Trinajstić information content (AvgIpc) is 3.03. The highest BCUT2D eigenvalue weighted by molar-refractivity contribution is 5.96. The van der Waals surface area contributed by atoms with Crippen molar-refractivity contribution in [2.45, 2.75) is 25.9 Å². The molecule has 4 aromatic rings. The molecule has 1 aliphatic heterocycles. The van der Waals surface area contributed by atoms with Gasteiger partial charge in [0.15, 0.2) is 0 Å². The summed E-state index contributed by atoms with van der Waals surface area (Å²) in [5.41, 5.74) is 6.47. The molecule has 0 aliphatic carbocycles. The Balaban J connectivity index is 1.45. The van der Waals surface area contributed by atoms with Gasteiger partial charge in [0.05, 0.1) is 23.7 Å². The summed E-state index contributed by atoms with van der Waals surface area (Å²) in [5.74, 6) is -1.25. The van der Waals surface area contributed by atoms with Crippen LogP contribution in [0.15, 0.2) is 114 Å². The number of fused-ring (bicyclic) bond motifs is 1. The van der Waals surface area contributed by atoms with Crippen LogP contribution in [0.4, 0.5) is 22.7 Å². The van der Waals surface area contributed by atoms with Crippen molar-refractivity contribution in [3.05, 3.63) is 125 Å². The summed E-state index contributed by atoms with van der Waals surface area (Å²) in [6.45, 7) is 3.67. The van der Waals surface area contributed by atoms with E-state index in [4.69, 9.17) is 15.1 Å². The van der Waals surface area contributed by atoms with Gasteiger partial charge in [-0.3, -0.25) is 0 Å². The Morgan fingerprint density at radius 1 is 1.00 bits per heavy atom. The van der Waals surface area contributed by atoms with Gasteiger partial charge in [0.1, 0.15) is 11.6 Å². The summed E-state index contributed by atoms with van der Waals surface area (Å²) >= 11 is 0. The van der Waals surface area contributed by atoms with E-state index >= 15 is 0 Å². The van der Waals surface area contributed by atoms with E-state index in [1.165, 1.54) is 17.3 Å². The van der Waals surface area contributed by atoms with Crippen LogP contribution in [0.3, 0.4) is 0 Å². The van der Waals surface area contributed by atoms with E-state index in [0.717, 1.165) is 48.6 Å². The molecule has 0 aromatic heterocycles. The molecule has 0 bridgehead atoms. The van der Waals surface area contributed by atoms with Crippen LogP contribution in [0.1, 0.15) is 30.0 Å². The van der Waals surface area contributed by atoms with Gasteiger partial charge in [0.25, 0.3) is 0 Å². The van der Waals surface area contributed by atoms with Gasteiger partial charge in [-0.15, -0.1) is 0 Å². The zero-order valence-electron chi connectivity index (χ0n) is 23.4. The van der Waals surface area contributed by atoms with Gasteiger partial charge in [-0.1, -0.05) is 61.5 Å². The second-order valence-electron chi connectivity index (χ2n) is 9.99. The Kier molecular flexibility index (Phi) is 9.07. The van der Waals surface area contributed by atoms with Crippen LogP contribution in [0.5, 0.6) is 0 Å². The molecular formula is C35H32N4O3. The molecular weight excluding hydrogens is 524 g/mol. The normalized spacial score (nSPS) is 14.8. The van der Waals surface area contributed by atoms with Crippen LogP contribution in [0, 0.1) is 11.3 Å². The van der Waals surface area contributed by atoms with Gasteiger partial charge in [0, 0.05) is 30.9 Å². The Bertz CT molecular complexity index is 1610. The molecule has 0 fully saturated rings. The van der Waals surface area contributed by atoms with E-state index in [1.807, 2.05) is 59.8 Å². The van der Waals surface area contributed by atoms with Gasteiger partial charge in [-0.25, -0.2) is 9.80 Å². The second-order valence-corrected chi connectivity index (χ2v) is 9.99. The van der Waals surface area contributed by atoms with Gasteiger partial charge >= 0.3 is 5.97 Å². The van der Waals surface area contributed by atoms with Gasteiger partial charge in [0.2, 0.25) is 0 Å². The molecule has 0 radical (unpaired) electrons. The van der Waals surface area contributed by atoms with Crippen LogP contribution in [0.25, 0.3) is 6.08 Å². The number of hydrogen-bond acceptors (Lipinski definition) is 6.